The van der Waals surface area contributed by atoms with Crippen LogP contribution in [0, 0.1) is 0 Å². The molecule has 0 aliphatic carbocycles. The van der Waals surface area contributed by atoms with Crippen LogP contribution in [-0.4, -0.2) is 69.6 Å². The number of ketones is 2. The van der Waals surface area contributed by atoms with Gasteiger partial charge in [-0.15, -0.1) is 0 Å². The molecule has 264 valence electrons. The number of hydrogen-bond donors (Lipinski definition) is 3. The van der Waals surface area contributed by atoms with Gasteiger partial charge >= 0.3 is 30.0 Å². The van der Waals surface area contributed by atoms with Crippen molar-refractivity contribution in [1.82, 2.24) is 20.2 Å². The highest BCUT2D eigenvalue weighted by atomic mass is 35.5. The van der Waals surface area contributed by atoms with Gasteiger partial charge in [-0.1, -0.05) is 29.8 Å². The van der Waals surface area contributed by atoms with Gasteiger partial charge in [0.1, 0.15) is 10.6 Å². The van der Waals surface area contributed by atoms with Crippen LogP contribution in [0.2, 0.25) is 5.02 Å². The number of aryl methyl sites for hydroxylation is 2. The van der Waals surface area contributed by atoms with E-state index in [1.807, 2.05) is 39.0 Å². The highest BCUT2D eigenvalue weighted by Gasteiger charge is 2.54. The molecular formula is C32H33ClF6N6O4. The van der Waals surface area contributed by atoms with Gasteiger partial charge in [-0.3, -0.25) is 9.59 Å². The van der Waals surface area contributed by atoms with Crippen LogP contribution in [0.4, 0.5) is 54.3 Å². The van der Waals surface area contributed by atoms with Crippen LogP contribution in [0.1, 0.15) is 43.9 Å². The number of nitrogens with one attached hydrogen (secondary N) is 3. The van der Waals surface area contributed by atoms with Crippen LogP contribution in [0.5, 0.6) is 0 Å². The number of fused-ring (bicyclic) bond motifs is 6. The summed E-state index contributed by atoms with van der Waals surface area (Å²) in [4.78, 5) is 42.4. The molecule has 2 aromatic carbocycles. The molecule has 5 rings (SSSR count). The van der Waals surface area contributed by atoms with Crippen molar-refractivity contribution in [2.24, 2.45) is 0 Å². The molecule has 1 amide bonds. The molecule has 3 aromatic rings. The molecule has 0 unspecified atom stereocenters. The Morgan fingerprint density at radius 1 is 0.959 bits per heavy atom. The molecule has 2 aliphatic rings. The van der Waals surface area contributed by atoms with Gasteiger partial charge < -0.3 is 25.6 Å². The highest BCUT2D eigenvalue weighted by molar-refractivity contribution is 6.41. The number of hydrogen-bond acceptors (Lipinski definition) is 9. The Morgan fingerprint density at radius 3 is 2.29 bits per heavy atom. The zero-order valence-electron chi connectivity index (χ0n) is 26.6. The summed E-state index contributed by atoms with van der Waals surface area (Å²) in [6, 6.07) is 14.9. The van der Waals surface area contributed by atoms with Crippen LogP contribution in [-0.2, 0) is 33.7 Å². The summed E-state index contributed by atoms with van der Waals surface area (Å²) in [7, 11) is 0. The van der Waals surface area contributed by atoms with Gasteiger partial charge in [0.25, 0.3) is 0 Å². The Balaban J connectivity index is 0.000000386. The number of amides is 1. The van der Waals surface area contributed by atoms with E-state index in [2.05, 4.69) is 50.2 Å². The summed E-state index contributed by atoms with van der Waals surface area (Å²) in [6.07, 6.45) is -7.48. The molecule has 6 bridgehead atoms. The number of alkyl halides is 6. The fraction of sp³-hybridized carbons (Fsp3) is 0.406. The standard InChI is InChI=1S/C28H33ClN6O2.C4F6O2/c1-28(2,3)37-27(36)35-12-11-23(17-35)30-15-20-9-10-22-14-19(20)8-7-18-5-4-6-21(13-18)33-26-31-16-24(29)25(32-22)34-26;5-3(6,7)1(11)2(12)4(8,9)10/h4-6,9-10,13-14,16,23,30H,7-8,11-12,15,17H2,1-3H3,(H2,31,32,33,34);/t23-;/m1./s1. The second-order valence-electron chi connectivity index (χ2n) is 12.3. The third-order valence-electron chi connectivity index (χ3n) is 7.22. The minimum Gasteiger partial charge on any atom is -0.444 e. The number of aromatic nitrogens is 2. The smallest absolute Gasteiger partial charge is 0.444 e. The SMILES string of the molecule is CC(C)(C)OC(=O)N1CC[C@@H](NCc2ccc3cc2CCc2cccc(c2)Nc2ncc(Cl)c(n2)N3)C1.O=C(C(=O)C(F)(F)F)C(F)(F)F. The third-order valence-corrected chi connectivity index (χ3v) is 7.50. The fourth-order valence-electron chi connectivity index (χ4n) is 4.90. The quantitative estimate of drug-likeness (QED) is 0.192. The molecule has 0 spiro atoms. The van der Waals surface area contributed by atoms with E-state index in [9.17, 15) is 40.7 Å². The number of carbonyl (C=O) groups excluding carboxylic acids is 3. The predicted molar refractivity (Wildman–Crippen MR) is 169 cm³/mol. The first-order valence-electron chi connectivity index (χ1n) is 15.0. The van der Waals surface area contributed by atoms with E-state index in [0.29, 0.717) is 29.9 Å². The summed E-state index contributed by atoms with van der Waals surface area (Å²) >= 11 is 6.39. The van der Waals surface area contributed by atoms with Crippen LogP contribution in [0.15, 0.2) is 48.7 Å². The van der Waals surface area contributed by atoms with Crippen LogP contribution in [0.25, 0.3) is 0 Å². The Bertz CT molecular complexity index is 1670. The zero-order valence-corrected chi connectivity index (χ0v) is 27.3. The van der Waals surface area contributed by atoms with E-state index in [4.69, 9.17) is 16.3 Å². The first kappa shape index (κ1) is 37.4. The minimum atomic E-state index is -5.77. The molecule has 1 saturated heterocycles. The number of carbonyl (C=O) groups is 3. The monoisotopic (exact) mass is 714 g/mol. The van der Waals surface area contributed by atoms with Gasteiger partial charge in [0.15, 0.2) is 5.82 Å². The summed E-state index contributed by atoms with van der Waals surface area (Å²) in [5.41, 5.74) is 5.10. The van der Waals surface area contributed by atoms with Gasteiger partial charge in [-0.05, 0) is 81.0 Å². The molecular weight excluding hydrogens is 682 g/mol. The Morgan fingerprint density at radius 2 is 1.63 bits per heavy atom. The second-order valence-corrected chi connectivity index (χ2v) is 12.7. The molecule has 1 fully saturated rings. The highest BCUT2D eigenvalue weighted by Crippen LogP contribution is 2.29. The van der Waals surface area contributed by atoms with Crippen molar-refractivity contribution in [3.05, 3.63) is 70.4 Å². The third kappa shape index (κ3) is 10.8. The van der Waals surface area contributed by atoms with Crippen molar-refractivity contribution >= 4 is 52.4 Å². The molecule has 3 N–H and O–H groups in total. The van der Waals surface area contributed by atoms with Gasteiger partial charge in [-0.25, -0.2) is 9.78 Å². The Hall–Kier alpha value is -4.44. The number of likely N-dealkylation sites (tertiary alicyclic amines) is 1. The summed E-state index contributed by atoms with van der Waals surface area (Å²) in [5, 5.41) is 10.7. The number of anilines is 4. The fourth-order valence-corrected chi connectivity index (χ4v) is 5.04. The molecule has 10 nitrogen and oxygen atoms in total. The van der Waals surface area contributed by atoms with E-state index >= 15 is 0 Å². The van der Waals surface area contributed by atoms with Crippen LogP contribution < -0.4 is 16.0 Å². The van der Waals surface area contributed by atoms with Crippen molar-refractivity contribution in [3.8, 4) is 0 Å². The maximum absolute atomic E-state index is 12.4. The molecule has 0 radical (unpaired) electrons. The lowest BCUT2D eigenvalue weighted by Gasteiger charge is -2.24. The average Bonchev–Trinajstić information content (AvgIpc) is 3.48. The number of nitrogens with zero attached hydrogens (tertiary/aromatic N) is 3. The van der Waals surface area contributed by atoms with Crippen molar-refractivity contribution in [2.75, 3.05) is 23.7 Å². The topological polar surface area (TPSA) is 126 Å². The van der Waals surface area contributed by atoms with Gasteiger partial charge in [0.05, 0.1) is 6.20 Å². The number of benzene rings is 2. The number of halogens is 7. The second kappa shape index (κ2) is 15.0. The minimum absolute atomic E-state index is 0.230. The number of rotatable bonds is 4. The maximum atomic E-state index is 12.4. The lowest BCUT2D eigenvalue weighted by Crippen LogP contribution is -2.39. The summed E-state index contributed by atoms with van der Waals surface area (Å²) < 4.78 is 72.5. The molecule has 49 heavy (non-hydrogen) atoms. The number of Topliss-reactive ketones (excluding diaryl/α,β-unsaturated/α-hetero) is 2. The molecule has 2 aliphatic heterocycles. The molecule has 1 atom stereocenters. The first-order valence-corrected chi connectivity index (χ1v) is 15.4. The van der Waals surface area contributed by atoms with E-state index in [1.54, 1.807) is 11.1 Å². The van der Waals surface area contributed by atoms with E-state index in [-0.39, 0.29) is 12.1 Å². The van der Waals surface area contributed by atoms with Gasteiger partial charge in [0.2, 0.25) is 5.95 Å². The molecule has 3 heterocycles. The van der Waals surface area contributed by atoms with E-state index in [1.165, 1.54) is 16.7 Å². The number of ether oxygens (including phenoxy) is 1. The normalized spacial score (nSPS) is 16.0. The van der Waals surface area contributed by atoms with Crippen molar-refractivity contribution in [1.29, 1.82) is 0 Å². The Labute approximate surface area is 282 Å². The lowest BCUT2D eigenvalue weighted by atomic mass is 9.98. The molecule has 1 aromatic heterocycles. The van der Waals surface area contributed by atoms with Crippen molar-refractivity contribution < 1.29 is 45.5 Å². The lowest BCUT2D eigenvalue weighted by molar-refractivity contribution is -0.193. The van der Waals surface area contributed by atoms with Crippen molar-refractivity contribution in [2.45, 2.75) is 70.6 Å². The summed E-state index contributed by atoms with van der Waals surface area (Å²) in [5.74, 6) is -5.77. The van der Waals surface area contributed by atoms with Gasteiger partial charge in [-0.2, -0.15) is 31.3 Å². The van der Waals surface area contributed by atoms with Crippen molar-refractivity contribution in [3.63, 3.8) is 0 Å². The van der Waals surface area contributed by atoms with Crippen LogP contribution in [0.3, 0.4) is 0 Å². The Kier molecular flexibility index (Phi) is 11.4. The zero-order chi connectivity index (χ0) is 36.1. The van der Waals surface area contributed by atoms with Crippen LogP contribution >= 0.6 is 11.6 Å². The predicted octanol–water partition coefficient (Wildman–Crippen LogP) is 7.06. The van der Waals surface area contributed by atoms with E-state index < -0.39 is 29.5 Å². The largest absolute Gasteiger partial charge is 0.458 e. The maximum Gasteiger partial charge on any atom is 0.458 e. The summed E-state index contributed by atoms with van der Waals surface area (Å²) in [6.45, 7) is 7.76. The van der Waals surface area contributed by atoms with E-state index in [0.717, 1.165) is 37.2 Å². The first-order chi connectivity index (χ1) is 22.8. The average molecular weight is 715 g/mol. The molecule has 0 saturated carbocycles. The molecule has 17 heteroatoms. The van der Waals surface area contributed by atoms with Gasteiger partial charge in [0, 0.05) is 37.1 Å².